The van der Waals surface area contributed by atoms with E-state index in [0.717, 1.165) is 37.6 Å². The summed E-state index contributed by atoms with van der Waals surface area (Å²) < 4.78 is 5.36. The van der Waals surface area contributed by atoms with Gasteiger partial charge in [0.1, 0.15) is 5.69 Å². The monoisotopic (exact) mass is 311 g/mol. The van der Waals surface area contributed by atoms with Crippen LogP contribution in [0.4, 0.5) is 5.69 Å². The fourth-order valence-electron chi connectivity index (χ4n) is 2.64. The first-order valence-corrected chi connectivity index (χ1v) is 7.85. The normalized spacial score (nSPS) is 14.6. The standard InChI is InChI=1S/C18H21N3O2/c1-14-4-2-3-5-15(14)13-20-18(22)17-12-16(6-7-19-17)21-8-10-23-11-9-21/h2-7,12H,8-11,13H2,1H3,(H,20,22). The lowest BCUT2D eigenvalue weighted by molar-refractivity contribution is 0.0946. The molecule has 2 aromatic rings. The number of aryl methyl sites for hydroxylation is 1. The molecule has 3 rings (SSSR count). The van der Waals surface area contributed by atoms with Crippen molar-refractivity contribution in [1.29, 1.82) is 0 Å². The number of carbonyl (C=O) groups is 1. The number of pyridine rings is 1. The van der Waals surface area contributed by atoms with Gasteiger partial charge in [-0.1, -0.05) is 24.3 Å². The van der Waals surface area contributed by atoms with Gasteiger partial charge in [-0.05, 0) is 30.2 Å². The summed E-state index contributed by atoms with van der Waals surface area (Å²) in [7, 11) is 0. The molecule has 0 bridgehead atoms. The zero-order valence-electron chi connectivity index (χ0n) is 13.3. The maximum absolute atomic E-state index is 12.3. The number of benzene rings is 1. The van der Waals surface area contributed by atoms with Gasteiger partial charge in [-0.3, -0.25) is 9.78 Å². The maximum Gasteiger partial charge on any atom is 0.270 e. The number of anilines is 1. The predicted octanol–water partition coefficient (Wildman–Crippen LogP) is 2.16. The number of rotatable bonds is 4. The van der Waals surface area contributed by atoms with Gasteiger partial charge in [0.05, 0.1) is 13.2 Å². The molecule has 0 saturated carbocycles. The van der Waals surface area contributed by atoms with Crippen molar-refractivity contribution in [3.05, 3.63) is 59.4 Å². The maximum atomic E-state index is 12.3. The zero-order chi connectivity index (χ0) is 16.1. The van der Waals surface area contributed by atoms with E-state index in [0.29, 0.717) is 12.2 Å². The number of aromatic nitrogens is 1. The Labute approximate surface area is 136 Å². The molecule has 0 atom stereocenters. The van der Waals surface area contributed by atoms with E-state index in [2.05, 4.69) is 15.2 Å². The van der Waals surface area contributed by atoms with Gasteiger partial charge in [0, 0.05) is 31.5 Å². The fourth-order valence-corrected chi connectivity index (χ4v) is 2.64. The highest BCUT2D eigenvalue weighted by Gasteiger charge is 2.14. The molecular formula is C18H21N3O2. The minimum absolute atomic E-state index is 0.150. The average molecular weight is 311 g/mol. The van der Waals surface area contributed by atoms with E-state index >= 15 is 0 Å². The number of hydrogen-bond donors (Lipinski definition) is 1. The fraction of sp³-hybridized carbons (Fsp3) is 0.333. The van der Waals surface area contributed by atoms with Crippen LogP contribution in [0.15, 0.2) is 42.6 Å². The van der Waals surface area contributed by atoms with E-state index < -0.39 is 0 Å². The third-order valence-electron chi connectivity index (χ3n) is 4.05. The van der Waals surface area contributed by atoms with E-state index in [-0.39, 0.29) is 5.91 Å². The molecular weight excluding hydrogens is 290 g/mol. The van der Waals surface area contributed by atoms with Gasteiger partial charge >= 0.3 is 0 Å². The van der Waals surface area contributed by atoms with Crippen LogP contribution in [0.3, 0.4) is 0 Å². The number of morpholine rings is 1. The van der Waals surface area contributed by atoms with Gasteiger partial charge in [0.2, 0.25) is 0 Å². The lowest BCUT2D eigenvalue weighted by Crippen LogP contribution is -2.36. The van der Waals surface area contributed by atoms with Crippen molar-refractivity contribution < 1.29 is 9.53 Å². The van der Waals surface area contributed by atoms with Crippen molar-refractivity contribution in [3.63, 3.8) is 0 Å². The van der Waals surface area contributed by atoms with Crippen LogP contribution in [0.25, 0.3) is 0 Å². The number of hydrogen-bond acceptors (Lipinski definition) is 4. The SMILES string of the molecule is Cc1ccccc1CNC(=O)c1cc(N2CCOCC2)ccn1. The second-order valence-corrected chi connectivity index (χ2v) is 5.61. The Morgan fingerprint density at radius 2 is 2.04 bits per heavy atom. The van der Waals surface area contributed by atoms with Gasteiger partial charge in [0.25, 0.3) is 5.91 Å². The Hall–Kier alpha value is -2.40. The second kappa shape index (κ2) is 7.24. The summed E-state index contributed by atoms with van der Waals surface area (Å²) in [6, 6.07) is 11.8. The van der Waals surface area contributed by atoms with Crippen molar-refractivity contribution in [2.75, 3.05) is 31.2 Å². The first-order chi connectivity index (χ1) is 11.2. The lowest BCUT2D eigenvalue weighted by atomic mass is 10.1. The third-order valence-corrected chi connectivity index (χ3v) is 4.05. The van der Waals surface area contributed by atoms with Crippen LogP contribution in [0.1, 0.15) is 21.6 Å². The molecule has 1 aliphatic heterocycles. The second-order valence-electron chi connectivity index (χ2n) is 5.61. The number of nitrogens with zero attached hydrogens (tertiary/aromatic N) is 2. The average Bonchev–Trinajstić information content (AvgIpc) is 2.62. The van der Waals surface area contributed by atoms with Crippen LogP contribution in [0.5, 0.6) is 0 Å². The Morgan fingerprint density at radius 1 is 1.26 bits per heavy atom. The van der Waals surface area contributed by atoms with Crippen LogP contribution in [0.2, 0.25) is 0 Å². The summed E-state index contributed by atoms with van der Waals surface area (Å²) in [6.45, 7) is 5.67. The van der Waals surface area contributed by atoms with Crippen LogP contribution in [-0.2, 0) is 11.3 Å². The molecule has 0 radical (unpaired) electrons. The number of amides is 1. The molecule has 2 heterocycles. The zero-order valence-corrected chi connectivity index (χ0v) is 13.3. The highest BCUT2D eigenvalue weighted by Crippen LogP contribution is 2.16. The van der Waals surface area contributed by atoms with Gasteiger partial charge in [-0.15, -0.1) is 0 Å². The minimum Gasteiger partial charge on any atom is -0.378 e. The molecule has 0 aliphatic carbocycles. The molecule has 5 nitrogen and oxygen atoms in total. The van der Waals surface area contributed by atoms with Gasteiger partial charge < -0.3 is 15.0 Å². The van der Waals surface area contributed by atoms with Gasteiger partial charge in [0.15, 0.2) is 0 Å². The number of nitrogens with one attached hydrogen (secondary N) is 1. The topological polar surface area (TPSA) is 54.5 Å². The van der Waals surface area contributed by atoms with E-state index in [1.807, 2.05) is 43.3 Å². The summed E-state index contributed by atoms with van der Waals surface area (Å²) in [6.07, 6.45) is 1.69. The molecule has 1 N–H and O–H groups in total. The molecule has 0 spiro atoms. The molecule has 1 aromatic carbocycles. The molecule has 1 aromatic heterocycles. The summed E-state index contributed by atoms with van der Waals surface area (Å²) in [4.78, 5) is 18.8. The largest absolute Gasteiger partial charge is 0.378 e. The van der Waals surface area contributed by atoms with E-state index in [9.17, 15) is 4.79 Å². The Morgan fingerprint density at radius 3 is 2.83 bits per heavy atom. The van der Waals surface area contributed by atoms with Crippen LogP contribution < -0.4 is 10.2 Å². The van der Waals surface area contributed by atoms with Crippen molar-refractivity contribution in [2.45, 2.75) is 13.5 Å². The molecule has 1 saturated heterocycles. The third kappa shape index (κ3) is 3.87. The minimum atomic E-state index is -0.150. The molecule has 120 valence electrons. The Kier molecular flexibility index (Phi) is 4.88. The molecule has 1 fully saturated rings. The van der Waals surface area contributed by atoms with Crippen molar-refractivity contribution >= 4 is 11.6 Å². The first-order valence-electron chi connectivity index (χ1n) is 7.85. The predicted molar refractivity (Wildman–Crippen MR) is 89.6 cm³/mol. The summed E-state index contributed by atoms with van der Waals surface area (Å²) in [5.41, 5.74) is 3.75. The van der Waals surface area contributed by atoms with E-state index in [1.54, 1.807) is 6.20 Å². The van der Waals surface area contributed by atoms with E-state index in [1.165, 1.54) is 5.56 Å². The smallest absolute Gasteiger partial charge is 0.270 e. The molecule has 23 heavy (non-hydrogen) atoms. The number of carbonyl (C=O) groups excluding carboxylic acids is 1. The van der Waals surface area contributed by atoms with Crippen LogP contribution >= 0.6 is 0 Å². The first kappa shape index (κ1) is 15.5. The van der Waals surface area contributed by atoms with Crippen LogP contribution in [0, 0.1) is 6.92 Å². The molecule has 5 heteroatoms. The summed E-state index contributed by atoms with van der Waals surface area (Å²) in [5.74, 6) is -0.150. The number of ether oxygens (including phenoxy) is 1. The Balaban J connectivity index is 1.66. The van der Waals surface area contributed by atoms with Gasteiger partial charge in [-0.2, -0.15) is 0 Å². The highest BCUT2D eigenvalue weighted by atomic mass is 16.5. The van der Waals surface area contributed by atoms with Crippen molar-refractivity contribution in [3.8, 4) is 0 Å². The molecule has 0 unspecified atom stereocenters. The molecule has 1 amide bonds. The summed E-state index contributed by atoms with van der Waals surface area (Å²) >= 11 is 0. The van der Waals surface area contributed by atoms with Crippen molar-refractivity contribution in [1.82, 2.24) is 10.3 Å². The van der Waals surface area contributed by atoms with E-state index in [4.69, 9.17) is 4.74 Å². The summed E-state index contributed by atoms with van der Waals surface area (Å²) in [5, 5.41) is 2.94. The lowest BCUT2D eigenvalue weighted by Gasteiger charge is -2.28. The highest BCUT2D eigenvalue weighted by molar-refractivity contribution is 5.93. The van der Waals surface area contributed by atoms with Crippen LogP contribution in [-0.4, -0.2) is 37.2 Å². The quantitative estimate of drug-likeness (QED) is 0.940. The van der Waals surface area contributed by atoms with Crippen molar-refractivity contribution in [2.24, 2.45) is 0 Å². The van der Waals surface area contributed by atoms with Gasteiger partial charge in [-0.25, -0.2) is 0 Å². The molecule has 1 aliphatic rings. The Bertz CT molecular complexity index is 681.